The van der Waals surface area contributed by atoms with Crippen molar-refractivity contribution in [1.29, 1.82) is 0 Å². The van der Waals surface area contributed by atoms with E-state index < -0.39 is 28.7 Å². The van der Waals surface area contributed by atoms with Gasteiger partial charge in [0.25, 0.3) is 0 Å². The van der Waals surface area contributed by atoms with Crippen molar-refractivity contribution in [1.82, 2.24) is 0 Å². The maximum atomic E-state index is 12.7. The molecule has 0 aliphatic heterocycles. The monoisotopic (exact) mass is 406 g/mol. The van der Waals surface area contributed by atoms with Crippen LogP contribution in [0.5, 0.6) is 0 Å². The SMILES string of the molecule is CC(C)C[C@@H](C(=O)O)[C@H](Sc1cc(Cl)cc(Cl)c1)C(=O)OC(C)(C)C. The summed E-state index contributed by atoms with van der Waals surface area (Å²) >= 11 is 13.2. The Morgan fingerprint density at radius 2 is 1.68 bits per heavy atom. The Balaban J connectivity index is 3.20. The molecular formula is C18H24Cl2O4S. The van der Waals surface area contributed by atoms with Gasteiger partial charge < -0.3 is 9.84 Å². The van der Waals surface area contributed by atoms with Gasteiger partial charge in [0, 0.05) is 14.9 Å². The first-order chi connectivity index (χ1) is 11.4. The van der Waals surface area contributed by atoms with Gasteiger partial charge in [0.05, 0.1) is 5.92 Å². The third-order valence-electron chi connectivity index (χ3n) is 3.15. The molecular weight excluding hydrogens is 383 g/mol. The third-order valence-corrected chi connectivity index (χ3v) is 4.87. The number of halogens is 2. The van der Waals surface area contributed by atoms with Crippen molar-refractivity contribution >= 4 is 46.9 Å². The van der Waals surface area contributed by atoms with E-state index >= 15 is 0 Å². The largest absolute Gasteiger partial charge is 0.481 e. The lowest BCUT2D eigenvalue weighted by molar-refractivity contribution is -0.159. The second-order valence-corrected chi connectivity index (χ2v) is 9.34. The second kappa shape index (κ2) is 9.15. The molecule has 1 aromatic rings. The van der Waals surface area contributed by atoms with Crippen molar-refractivity contribution in [3.8, 4) is 0 Å². The number of esters is 1. The van der Waals surface area contributed by atoms with Crippen LogP contribution in [-0.4, -0.2) is 27.9 Å². The molecule has 7 heteroatoms. The first kappa shape index (κ1) is 22.1. The quantitative estimate of drug-likeness (QED) is 0.475. The minimum Gasteiger partial charge on any atom is -0.481 e. The number of carbonyl (C=O) groups is 2. The van der Waals surface area contributed by atoms with Gasteiger partial charge in [-0.05, 0) is 51.3 Å². The molecule has 0 radical (unpaired) electrons. The normalized spacial score (nSPS) is 14.2. The average molecular weight is 407 g/mol. The highest BCUT2D eigenvalue weighted by Gasteiger charge is 2.38. The molecule has 0 amide bonds. The number of benzene rings is 1. The Morgan fingerprint density at radius 3 is 2.08 bits per heavy atom. The molecule has 0 spiro atoms. The van der Waals surface area contributed by atoms with Gasteiger partial charge >= 0.3 is 11.9 Å². The zero-order chi connectivity index (χ0) is 19.4. The number of aliphatic carboxylic acids is 1. The smallest absolute Gasteiger partial charge is 0.320 e. The van der Waals surface area contributed by atoms with E-state index in [0.717, 1.165) is 11.8 Å². The molecule has 0 aliphatic rings. The van der Waals surface area contributed by atoms with Crippen LogP contribution in [0.3, 0.4) is 0 Å². The lowest BCUT2D eigenvalue weighted by Gasteiger charge is -2.27. The molecule has 0 aliphatic carbocycles. The van der Waals surface area contributed by atoms with Crippen LogP contribution in [0.4, 0.5) is 0 Å². The summed E-state index contributed by atoms with van der Waals surface area (Å²) in [6, 6.07) is 4.89. The van der Waals surface area contributed by atoms with Gasteiger partial charge in [-0.2, -0.15) is 0 Å². The molecule has 1 N–H and O–H groups in total. The zero-order valence-electron chi connectivity index (χ0n) is 15.0. The standard InChI is InChI=1S/C18H24Cl2O4S/c1-10(2)6-14(16(21)22)15(17(23)24-18(3,4)5)25-13-8-11(19)7-12(20)9-13/h7-10,14-15H,6H2,1-5H3,(H,21,22)/t14-,15+/m1/s1. The average Bonchev–Trinajstić information content (AvgIpc) is 2.39. The van der Waals surface area contributed by atoms with Crippen LogP contribution >= 0.6 is 35.0 Å². The number of hydrogen-bond acceptors (Lipinski definition) is 4. The van der Waals surface area contributed by atoms with Crippen LogP contribution in [-0.2, 0) is 14.3 Å². The van der Waals surface area contributed by atoms with Gasteiger partial charge in [-0.3, -0.25) is 9.59 Å². The molecule has 4 nitrogen and oxygen atoms in total. The van der Waals surface area contributed by atoms with Crippen molar-refractivity contribution in [2.24, 2.45) is 11.8 Å². The van der Waals surface area contributed by atoms with Crippen LogP contribution in [0.1, 0.15) is 41.0 Å². The van der Waals surface area contributed by atoms with Crippen LogP contribution in [0.2, 0.25) is 10.0 Å². The highest BCUT2D eigenvalue weighted by atomic mass is 35.5. The molecule has 2 atom stereocenters. The Labute approximate surface area is 163 Å². The van der Waals surface area contributed by atoms with E-state index in [9.17, 15) is 14.7 Å². The molecule has 1 aromatic carbocycles. The van der Waals surface area contributed by atoms with Crippen LogP contribution in [0.15, 0.2) is 23.1 Å². The van der Waals surface area contributed by atoms with E-state index in [2.05, 4.69) is 0 Å². The van der Waals surface area contributed by atoms with E-state index in [-0.39, 0.29) is 5.92 Å². The van der Waals surface area contributed by atoms with E-state index in [4.69, 9.17) is 27.9 Å². The Hall–Kier alpha value is -0.910. The molecule has 1 rings (SSSR count). The first-order valence-electron chi connectivity index (χ1n) is 7.97. The van der Waals surface area contributed by atoms with Gasteiger partial charge in [-0.1, -0.05) is 37.0 Å². The number of ether oxygens (including phenoxy) is 1. The molecule has 0 fully saturated rings. The molecule has 0 heterocycles. The molecule has 0 aromatic heterocycles. The number of carboxylic acids is 1. The predicted molar refractivity (Wildman–Crippen MR) is 103 cm³/mol. The third kappa shape index (κ3) is 7.89. The number of rotatable bonds is 7. The van der Waals surface area contributed by atoms with Crippen LogP contribution < -0.4 is 0 Å². The van der Waals surface area contributed by atoms with Crippen molar-refractivity contribution in [2.45, 2.75) is 56.8 Å². The van der Waals surface area contributed by atoms with Gasteiger partial charge in [0.15, 0.2) is 0 Å². The fourth-order valence-electron chi connectivity index (χ4n) is 2.26. The summed E-state index contributed by atoms with van der Waals surface area (Å²) in [5.74, 6) is -2.33. The molecule has 0 bridgehead atoms. The minimum atomic E-state index is -1.02. The summed E-state index contributed by atoms with van der Waals surface area (Å²) in [6.07, 6.45) is 0.362. The van der Waals surface area contributed by atoms with Crippen LogP contribution in [0.25, 0.3) is 0 Å². The maximum Gasteiger partial charge on any atom is 0.320 e. The molecule has 0 saturated carbocycles. The van der Waals surface area contributed by atoms with Gasteiger partial charge in [-0.25, -0.2) is 0 Å². The summed E-state index contributed by atoms with van der Waals surface area (Å²) in [6.45, 7) is 9.09. The summed E-state index contributed by atoms with van der Waals surface area (Å²) in [4.78, 5) is 25.1. The lowest BCUT2D eigenvalue weighted by Crippen LogP contribution is -2.38. The van der Waals surface area contributed by atoms with Crippen LogP contribution in [0, 0.1) is 11.8 Å². The maximum absolute atomic E-state index is 12.7. The van der Waals surface area contributed by atoms with E-state index in [1.807, 2.05) is 13.8 Å². The fourth-order valence-corrected chi connectivity index (χ4v) is 4.13. The zero-order valence-corrected chi connectivity index (χ0v) is 17.3. The Bertz CT molecular complexity index is 606. The van der Waals surface area contributed by atoms with Crippen molar-refractivity contribution < 1.29 is 19.4 Å². The Kier molecular flexibility index (Phi) is 8.10. The molecule has 0 unspecified atom stereocenters. The number of hydrogen-bond donors (Lipinski definition) is 1. The number of carboxylic acid groups (broad SMARTS) is 1. The van der Waals surface area contributed by atoms with Crippen molar-refractivity contribution in [2.75, 3.05) is 0 Å². The lowest BCUT2D eigenvalue weighted by atomic mass is 9.94. The molecule has 140 valence electrons. The summed E-state index contributed by atoms with van der Waals surface area (Å²) in [5, 5.41) is 9.61. The summed E-state index contributed by atoms with van der Waals surface area (Å²) in [7, 11) is 0. The predicted octanol–water partition coefficient (Wildman–Crippen LogP) is 5.54. The second-order valence-electron chi connectivity index (χ2n) is 7.25. The first-order valence-corrected chi connectivity index (χ1v) is 9.61. The Morgan fingerprint density at radius 1 is 1.16 bits per heavy atom. The van der Waals surface area contributed by atoms with E-state index in [1.165, 1.54) is 0 Å². The summed E-state index contributed by atoms with van der Waals surface area (Å²) in [5.41, 5.74) is -0.706. The van der Waals surface area contributed by atoms with Crippen molar-refractivity contribution in [3.05, 3.63) is 28.2 Å². The van der Waals surface area contributed by atoms with E-state index in [1.54, 1.807) is 39.0 Å². The number of thioether (sulfide) groups is 1. The van der Waals surface area contributed by atoms with Gasteiger partial charge in [0.2, 0.25) is 0 Å². The highest BCUT2D eigenvalue weighted by molar-refractivity contribution is 8.00. The number of carbonyl (C=O) groups excluding carboxylic acids is 1. The van der Waals surface area contributed by atoms with Gasteiger partial charge in [-0.15, -0.1) is 11.8 Å². The topological polar surface area (TPSA) is 63.6 Å². The molecule has 0 saturated heterocycles. The van der Waals surface area contributed by atoms with Gasteiger partial charge in [0.1, 0.15) is 10.9 Å². The van der Waals surface area contributed by atoms with Crippen molar-refractivity contribution in [3.63, 3.8) is 0 Å². The van der Waals surface area contributed by atoms with E-state index in [0.29, 0.717) is 21.4 Å². The summed E-state index contributed by atoms with van der Waals surface area (Å²) < 4.78 is 5.46. The fraction of sp³-hybridized carbons (Fsp3) is 0.556. The highest BCUT2D eigenvalue weighted by Crippen LogP contribution is 2.36. The molecule has 25 heavy (non-hydrogen) atoms. The minimum absolute atomic E-state index is 0.120.